The molecule has 3 heteroatoms. The summed E-state index contributed by atoms with van der Waals surface area (Å²) in [5.41, 5.74) is 2.04. The third-order valence-electron chi connectivity index (χ3n) is 4.21. The summed E-state index contributed by atoms with van der Waals surface area (Å²) in [6.45, 7) is 0. The third-order valence-corrected chi connectivity index (χ3v) is 4.21. The summed E-state index contributed by atoms with van der Waals surface area (Å²) in [7, 11) is 1.99. The van der Waals surface area contributed by atoms with E-state index in [-0.39, 0.29) is 18.0 Å². The molecule has 1 saturated heterocycles. The molecule has 2 heterocycles. The third kappa shape index (κ3) is 1.58. The molecule has 0 spiro atoms. The molecule has 0 amide bonds. The first-order valence-electron chi connectivity index (χ1n) is 6.29. The lowest BCUT2D eigenvalue weighted by atomic mass is 9.92. The molecule has 3 nitrogen and oxygen atoms in total. The van der Waals surface area contributed by atoms with Gasteiger partial charge in [0.2, 0.25) is 0 Å². The van der Waals surface area contributed by atoms with E-state index in [1.165, 1.54) is 0 Å². The van der Waals surface area contributed by atoms with Crippen LogP contribution in [0.5, 0.6) is 0 Å². The highest BCUT2D eigenvalue weighted by Crippen LogP contribution is 2.40. The van der Waals surface area contributed by atoms with Crippen LogP contribution in [-0.2, 0) is 0 Å². The summed E-state index contributed by atoms with van der Waals surface area (Å²) < 4.78 is 0. The average molecular weight is 240 g/mol. The number of hydrogen-bond acceptors (Lipinski definition) is 3. The van der Waals surface area contributed by atoms with Crippen molar-refractivity contribution < 1.29 is 5.11 Å². The first kappa shape index (κ1) is 11.5. The molecule has 1 aromatic rings. The molecule has 1 fully saturated rings. The van der Waals surface area contributed by atoms with Crippen LogP contribution in [0.3, 0.4) is 0 Å². The first-order valence-corrected chi connectivity index (χ1v) is 6.29. The maximum absolute atomic E-state index is 10.5. The van der Waals surface area contributed by atoms with Crippen molar-refractivity contribution in [3.8, 4) is 6.07 Å². The van der Waals surface area contributed by atoms with Crippen LogP contribution in [0, 0.1) is 17.2 Å². The number of hydrogen-bond donors (Lipinski definition) is 1. The van der Waals surface area contributed by atoms with Gasteiger partial charge in [-0.3, -0.25) is 4.90 Å². The fourth-order valence-electron chi connectivity index (χ4n) is 3.17. The Morgan fingerprint density at radius 2 is 2.06 bits per heavy atom. The number of fused-ring (bicyclic) bond motifs is 2. The zero-order valence-electron chi connectivity index (χ0n) is 10.3. The number of aliphatic hydroxyl groups is 1. The monoisotopic (exact) mass is 240 g/mol. The highest BCUT2D eigenvalue weighted by molar-refractivity contribution is 5.71. The SMILES string of the molecule is CN1[C@@H]2C=C(c3ccccc3)[C@@H](O)[C@H]1C[C@@H]2C#N. The molecule has 3 rings (SSSR count). The predicted molar refractivity (Wildman–Crippen MR) is 69.5 cm³/mol. The topological polar surface area (TPSA) is 47.3 Å². The molecule has 4 atom stereocenters. The number of nitriles is 1. The van der Waals surface area contributed by atoms with Gasteiger partial charge in [0.1, 0.15) is 0 Å². The number of aliphatic hydroxyl groups excluding tert-OH is 1. The van der Waals surface area contributed by atoms with Crippen LogP contribution in [0.4, 0.5) is 0 Å². The van der Waals surface area contributed by atoms with E-state index in [0.717, 1.165) is 17.6 Å². The summed E-state index contributed by atoms with van der Waals surface area (Å²) in [5, 5.41) is 19.7. The van der Waals surface area contributed by atoms with Crippen molar-refractivity contribution in [3.05, 3.63) is 42.0 Å². The Kier molecular flexibility index (Phi) is 2.70. The molecule has 0 saturated carbocycles. The van der Waals surface area contributed by atoms with E-state index in [4.69, 9.17) is 0 Å². The molecule has 1 aromatic carbocycles. The van der Waals surface area contributed by atoms with Gasteiger partial charge in [0.05, 0.1) is 18.1 Å². The van der Waals surface area contributed by atoms with Crippen LogP contribution in [-0.4, -0.2) is 35.2 Å². The summed E-state index contributed by atoms with van der Waals surface area (Å²) >= 11 is 0. The van der Waals surface area contributed by atoms with Gasteiger partial charge < -0.3 is 5.11 Å². The Bertz CT molecular complexity index is 517. The van der Waals surface area contributed by atoms with Crippen molar-refractivity contribution in [2.45, 2.75) is 24.6 Å². The smallest absolute Gasteiger partial charge is 0.0949 e. The van der Waals surface area contributed by atoms with E-state index >= 15 is 0 Å². The maximum Gasteiger partial charge on any atom is 0.0949 e. The largest absolute Gasteiger partial charge is 0.387 e. The molecule has 1 N–H and O–H groups in total. The van der Waals surface area contributed by atoms with Gasteiger partial charge in [-0.1, -0.05) is 36.4 Å². The zero-order valence-corrected chi connectivity index (χ0v) is 10.3. The van der Waals surface area contributed by atoms with Crippen LogP contribution in [0.1, 0.15) is 12.0 Å². The second-order valence-corrected chi connectivity index (χ2v) is 5.13. The molecule has 2 aliphatic rings. The molecule has 0 unspecified atom stereocenters. The van der Waals surface area contributed by atoms with Crippen molar-refractivity contribution in [1.29, 1.82) is 5.26 Å². The van der Waals surface area contributed by atoms with Crippen molar-refractivity contribution in [2.24, 2.45) is 5.92 Å². The second kappa shape index (κ2) is 4.24. The van der Waals surface area contributed by atoms with Crippen molar-refractivity contribution >= 4 is 5.57 Å². The minimum atomic E-state index is -0.494. The molecule has 0 aromatic heterocycles. The van der Waals surface area contributed by atoms with Crippen LogP contribution in [0.25, 0.3) is 5.57 Å². The van der Waals surface area contributed by atoms with E-state index < -0.39 is 6.10 Å². The van der Waals surface area contributed by atoms with E-state index in [2.05, 4.69) is 17.0 Å². The van der Waals surface area contributed by atoms with Gasteiger partial charge in [0.25, 0.3) is 0 Å². The minimum Gasteiger partial charge on any atom is -0.387 e. The Balaban J connectivity index is 2.03. The van der Waals surface area contributed by atoms with Gasteiger partial charge in [0, 0.05) is 12.1 Å². The van der Waals surface area contributed by atoms with Gasteiger partial charge in [-0.15, -0.1) is 0 Å². The predicted octanol–water partition coefficient (Wildman–Crippen LogP) is 1.66. The lowest BCUT2D eigenvalue weighted by molar-refractivity contribution is 0.110. The summed E-state index contributed by atoms with van der Waals surface area (Å²) in [6.07, 6.45) is 2.33. The normalized spacial score (nSPS) is 35.1. The van der Waals surface area contributed by atoms with Gasteiger partial charge in [0.15, 0.2) is 0 Å². The van der Waals surface area contributed by atoms with Crippen molar-refractivity contribution in [2.75, 3.05) is 7.05 Å². The fraction of sp³-hybridized carbons (Fsp3) is 0.400. The van der Waals surface area contributed by atoms with Gasteiger partial charge in [-0.05, 0) is 24.6 Å². The first-order chi connectivity index (χ1) is 8.72. The van der Waals surface area contributed by atoms with E-state index in [0.29, 0.717) is 0 Å². The van der Waals surface area contributed by atoms with E-state index in [1.807, 2.05) is 37.4 Å². The molecule has 92 valence electrons. The average Bonchev–Trinajstić information content (AvgIpc) is 2.63. The fourth-order valence-corrected chi connectivity index (χ4v) is 3.17. The Morgan fingerprint density at radius 3 is 2.72 bits per heavy atom. The molecule has 2 aliphatic heterocycles. The molecule has 0 aliphatic carbocycles. The van der Waals surface area contributed by atoms with Crippen LogP contribution >= 0.6 is 0 Å². The summed E-state index contributed by atoms with van der Waals surface area (Å²) in [4.78, 5) is 2.13. The summed E-state index contributed by atoms with van der Waals surface area (Å²) in [5.74, 6) is -0.00383. The van der Waals surface area contributed by atoms with E-state index in [1.54, 1.807) is 0 Å². The number of benzene rings is 1. The van der Waals surface area contributed by atoms with Gasteiger partial charge in [-0.2, -0.15) is 5.26 Å². The second-order valence-electron chi connectivity index (χ2n) is 5.13. The zero-order chi connectivity index (χ0) is 12.7. The van der Waals surface area contributed by atoms with Crippen LogP contribution < -0.4 is 0 Å². The molecular formula is C15H16N2O. The Labute approximate surface area is 107 Å². The van der Waals surface area contributed by atoms with Gasteiger partial charge in [-0.25, -0.2) is 0 Å². The summed E-state index contributed by atoms with van der Waals surface area (Å²) in [6, 6.07) is 12.5. The lowest BCUT2D eigenvalue weighted by Gasteiger charge is -2.34. The molecule has 18 heavy (non-hydrogen) atoms. The minimum absolute atomic E-state index is 0.00383. The Morgan fingerprint density at radius 1 is 1.33 bits per heavy atom. The van der Waals surface area contributed by atoms with Crippen molar-refractivity contribution in [3.63, 3.8) is 0 Å². The van der Waals surface area contributed by atoms with Gasteiger partial charge >= 0.3 is 0 Å². The number of rotatable bonds is 1. The highest BCUT2D eigenvalue weighted by atomic mass is 16.3. The Hall–Kier alpha value is -1.63. The standard InChI is InChI=1S/C15H16N2O/c1-17-13-8-12(10-5-3-2-4-6-10)15(18)14(17)7-11(13)9-16/h2-6,8,11,13-15,18H,7H2,1H3/t11-,13-,14-,15-/m1/s1. The van der Waals surface area contributed by atoms with E-state index in [9.17, 15) is 10.4 Å². The maximum atomic E-state index is 10.5. The number of nitrogens with zero attached hydrogens (tertiary/aromatic N) is 2. The molecule has 2 bridgehead atoms. The quantitative estimate of drug-likeness (QED) is 0.812. The molecule has 0 radical (unpaired) electrons. The van der Waals surface area contributed by atoms with Crippen LogP contribution in [0.15, 0.2) is 36.4 Å². The molecular weight excluding hydrogens is 224 g/mol. The van der Waals surface area contributed by atoms with Crippen LogP contribution in [0.2, 0.25) is 0 Å². The highest BCUT2D eigenvalue weighted by Gasteiger charge is 2.46. The lowest BCUT2D eigenvalue weighted by Crippen LogP contribution is -2.44. The van der Waals surface area contributed by atoms with Crippen molar-refractivity contribution in [1.82, 2.24) is 4.90 Å². The number of likely N-dealkylation sites (N-methyl/N-ethyl adjacent to an activating group) is 1.